The number of amides is 2. The molecule has 4 nitrogen and oxygen atoms in total. The zero-order valence-electron chi connectivity index (χ0n) is 8.55. The molecule has 1 aliphatic rings. The maximum Gasteiger partial charge on any atom is 0.328 e. The van der Waals surface area contributed by atoms with Crippen molar-refractivity contribution in [2.45, 2.75) is 0 Å². The van der Waals surface area contributed by atoms with Crippen LogP contribution in [0.5, 0.6) is 0 Å². The molecule has 0 bridgehead atoms. The van der Waals surface area contributed by atoms with Crippen molar-refractivity contribution in [1.29, 1.82) is 0 Å². The van der Waals surface area contributed by atoms with E-state index in [1.54, 1.807) is 35.2 Å². The highest BCUT2D eigenvalue weighted by atomic mass is 16.2. The van der Waals surface area contributed by atoms with Crippen molar-refractivity contribution in [3.8, 4) is 0 Å². The van der Waals surface area contributed by atoms with E-state index in [1.165, 1.54) is 0 Å². The molecule has 2 N–H and O–H groups in total. The summed E-state index contributed by atoms with van der Waals surface area (Å²) in [6, 6.07) is 7.20. The van der Waals surface area contributed by atoms with E-state index < -0.39 is 0 Å². The first-order valence-corrected chi connectivity index (χ1v) is 4.75. The molecule has 1 aromatic carbocycles. The Morgan fingerprint density at radius 3 is 2.60 bits per heavy atom. The van der Waals surface area contributed by atoms with Gasteiger partial charge in [-0.25, -0.2) is 4.79 Å². The molecular formula is C11H13N3O. The summed E-state index contributed by atoms with van der Waals surface area (Å²) in [7, 11) is 1.77. The molecule has 1 aromatic rings. The second-order valence-electron chi connectivity index (χ2n) is 3.51. The molecule has 1 aliphatic heterocycles. The molecule has 0 radical (unpaired) electrons. The number of carbonyl (C=O) groups excluding carboxylic acids is 1. The normalized spacial score (nSPS) is 15.9. The molecule has 1 heterocycles. The van der Waals surface area contributed by atoms with Gasteiger partial charge in [0.1, 0.15) is 0 Å². The largest absolute Gasteiger partial charge is 0.399 e. The standard InChI is InChI=1S/C11H13N3O/c1-13-7-2-8-14(11(13)15)10-5-3-9(12)4-6-10/h2-6,8H,7,12H2,1H3. The predicted molar refractivity (Wildman–Crippen MR) is 60.5 cm³/mol. The Balaban J connectivity index is 2.30. The first-order valence-electron chi connectivity index (χ1n) is 4.75. The fraction of sp³-hybridized carbons (Fsp3) is 0.182. The van der Waals surface area contributed by atoms with Crippen molar-refractivity contribution < 1.29 is 4.79 Å². The van der Waals surface area contributed by atoms with Crippen LogP contribution in [-0.4, -0.2) is 24.5 Å². The van der Waals surface area contributed by atoms with Gasteiger partial charge in [0, 0.05) is 25.5 Å². The molecule has 2 amide bonds. The second-order valence-corrected chi connectivity index (χ2v) is 3.51. The lowest BCUT2D eigenvalue weighted by Crippen LogP contribution is -2.41. The highest BCUT2D eigenvalue weighted by Crippen LogP contribution is 2.19. The van der Waals surface area contributed by atoms with Crippen LogP contribution < -0.4 is 10.6 Å². The second kappa shape index (κ2) is 3.65. The minimum absolute atomic E-state index is 0.0257. The van der Waals surface area contributed by atoms with Crippen LogP contribution in [0, 0.1) is 0 Å². The fourth-order valence-corrected chi connectivity index (χ4v) is 1.47. The summed E-state index contributed by atoms with van der Waals surface area (Å²) in [4.78, 5) is 15.0. The third-order valence-corrected chi connectivity index (χ3v) is 2.34. The van der Waals surface area contributed by atoms with Crippen molar-refractivity contribution in [3.05, 3.63) is 36.5 Å². The molecule has 0 saturated carbocycles. The van der Waals surface area contributed by atoms with Crippen molar-refractivity contribution in [1.82, 2.24) is 4.90 Å². The summed E-state index contributed by atoms with van der Waals surface area (Å²) in [5.41, 5.74) is 7.11. The number of nitrogens with zero attached hydrogens (tertiary/aromatic N) is 2. The number of benzene rings is 1. The van der Waals surface area contributed by atoms with E-state index in [1.807, 2.05) is 18.2 Å². The summed E-state index contributed by atoms with van der Waals surface area (Å²) >= 11 is 0. The van der Waals surface area contributed by atoms with Gasteiger partial charge in [-0.3, -0.25) is 4.90 Å². The number of hydrogen-bond acceptors (Lipinski definition) is 2. The Morgan fingerprint density at radius 1 is 1.27 bits per heavy atom. The molecule has 78 valence electrons. The Kier molecular flexibility index (Phi) is 2.33. The Bertz CT molecular complexity index is 397. The van der Waals surface area contributed by atoms with E-state index in [0.29, 0.717) is 12.2 Å². The van der Waals surface area contributed by atoms with Gasteiger partial charge in [0.05, 0.1) is 5.69 Å². The minimum Gasteiger partial charge on any atom is -0.399 e. The van der Waals surface area contributed by atoms with Crippen LogP contribution in [0.4, 0.5) is 16.2 Å². The highest BCUT2D eigenvalue weighted by Gasteiger charge is 2.19. The zero-order valence-corrected chi connectivity index (χ0v) is 8.55. The topological polar surface area (TPSA) is 49.6 Å². The number of hydrogen-bond donors (Lipinski definition) is 1. The van der Waals surface area contributed by atoms with Crippen molar-refractivity contribution >= 4 is 17.4 Å². The molecule has 0 aromatic heterocycles. The van der Waals surface area contributed by atoms with Crippen LogP contribution in [0.3, 0.4) is 0 Å². The average Bonchev–Trinajstić information content (AvgIpc) is 2.24. The smallest absolute Gasteiger partial charge is 0.328 e. The van der Waals surface area contributed by atoms with Gasteiger partial charge < -0.3 is 10.6 Å². The van der Waals surface area contributed by atoms with Crippen LogP contribution in [0.15, 0.2) is 36.5 Å². The lowest BCUT2D eigenvalue weighted by molar-refractivity contribution is 0.220. The van der Waals surface area contributed by atoms with E-state index in [9.17, 15) is 4.79 Å². The summed E-state index contributed by atoms with van der Waals surface area (Å²) in [6.45, 7) is 0.657. The van der Waals surface area contributed by atoms with Crippen LogP contribution in [0.2, 0.25) is 0 Å². The van der Waals surface area contributed by atoms with Crippen molar-refractivity contribution in [2.75, 3.05) is 24.2 Å². The number of nitrogen functional groups attached to an aromatic ring is 1. The quantitative estimate of drug-likeness (QED) is 0.705. The van der Waals surface area contributed by atoms with Gasteiger partial charge in [0.15, 0.2) is 0 Å². The molecule has 2 rings (SSSR count). The first kappa shape index (κ1) is 9.58. The maximum atomic E-state index is 11.8. The van der Waals surface area contributed by atoms with E-state index in [2.05, 4.69) is 0 Å². The van der Waals surface area contributed by atoms with E-state index in [4.69, 9.17) is 5.73 Å². The maximum absolute atomic E-state index is 11.8. The number of nitrogens with two attached hydrogens (primary N) is 1. The molecule has 0 fully saturated rings. The number of anilines is 2. The Hall–Kier alpha value is -1.97. The van der Waals surface area contributed by atoms with Crippen LogP contribution in [0.25, 0.3) is 0 Å². The van der Waals surface area contributed by atoms with Crippen LogP contribution in [-0.2, 0) is 0 Å². The highest BCUT2D eigenvalue weighted by molar-refractivity contribution is 5.94. The van der Waals surface area contributed by atoms with Gasteiger partial charge >= 0.3 is 6.03 Å². The molecule has 0 spiro atoms. The molecule has 4 heteroatoms. The number of rotatable bonds is 1. The van der Waals surface area contributed by atoms with Crippen molar-refractivity contribution in [3.63, 3.8) is 0 Å². The summed E-state index contributed by atoms with van der Waals surface area (Å²) in [5, 5.41) is 0. The third-order valence-electron chi connectivity index (χ3n) is 2.34. The fourth-order valence-electron chi connectivity index (χ4n) is 1.47. The monoisotopic (exact) mass is 203 g/mol. The molecule has 15 heavy (non-hydrogen) atoms. The van der Waals surface area contributed by atoms with Gasteiger partial charge in [-0.15, -0.1) is 0 Å². The van der Waals surface area contributed by atoms with E-state index in [0.717, 1.165) is 5.69 Å². The van der Waals surface area contributed by atoms with Crippen LogP contribution in [0.1, 0.15) is 0 Å². The lowest BCUT2D eigenvalue weighted by atomic mass is 10.2. The number of likely N-dealkylation sites (N-methyl/N-ethyl adjacent to an activating group) is 1. The number of carbonyl (C=O) groups is 1. The van der Waals surface area contributed by atoms with Crippen LogP contribution >= 0.6 is 0 Å². The lowest BCUT2D eigenvalue weighted by Gasteiger charge is -2.28. The van der Waals surface area contributed by atoms with Gasteiger partial charge in [-0.1, -0.05) is 0 Å². The zero-order chi connectivity index (χ0) is 10.8. The first-order chi connectivity index (χ1) is 7.18. The Labute approximate surface area is 88.6 Å². The average molecular weight is 203 g/mol. The van der Waals surface area contributed by atoms with E-state index in [-0.39, 0.29) is 6.03 Å². The van der Waals surface area contributed by atoms with Gasteiger partial charge in [0.25, 0.3) is 0 Å². The molecule has 0 aliphatic carbocycles. The summed E-state index contributed by atoms with van der Waals surface area (Å²) < 4.78 is 0. The predicted octanol–water partition coefficient (Wildman–Crippen LogP) is 1.65. The molecule has 0 saturated heterocycles. The molecular weight excluding hydrogens is 190 g/mol. The summed E-state index contributed by atoms with van der Waals surface area (Å²) in [6.07, 6.45) is 3.73. The van der Waals surface area contributed by atoms with E-state index >= 15 is 0 Å². The molecule has 0 atom stereocenters. The van der Waals surface area contributed by atoms with Gasteiger partial charge in [0.2, 0.25) is 0 Å². The number of urea groups is 1. The third kappa shape index (κ3) is 1.79. The molecule has 0 unspecified atom stereocenters. The van der Waals surface area contributed by atoms with Gasteiger partial charge in [-0.2, -0.15) is 0 Å². The van der Waals surface area contributed by atoms with Gasteiger partial charge in [-0.05, 0) is 30.3 Å². The minimum atomic E-state index is -0.0257. The summed E-state index contributed by atoms with van der Waals surface area (Å²) in [5.74, 6) is 0. The Morgan fingerprint density at radius 2 is 1.93 bits per heavy atom. The SMILES string of the molecule is CN1CC=CN(c2ccc(N)cc2)C1=O. The van der Waals surface area contributed by atoms with Crippen molar-refractivity contribution in [2.24, 2.45) is 0 Å².